The molecule has 0 heterocycles. The van der Waals surface area contributed by atoms with Crippen LogP contribution in [0.2, 0.25) is 0 Å². The molecule has 0 aromatic rings. The van der Waals surface area contributed by atoms with Gasteiger partial charge in [-0.05, 0) is 43.3 Å². The summed E-state index contributed by atoms with van der Waals surface area (Å²) in [4.78, 5) is 0. The molecule has 1 unspecified atom stereocenters. The van der Waals surface area contributed by atoms with Crippen molar-refractivity contribution >= 4 is 0 Å². The van der Waals surface area contributed by atoms with Crippen LogP contribution in [0.3, 0.4) is 0 Å². The molecule has 0 aliphatic heterocycles. The van der Waals surface area contributed by atoms with E-state index >= 15 is 0 Å². The third-order valence-electron chi connectivity index (χ3n) is 5.81. The maximum absolute atomic E-state index is 14.5. The molecular weight excluding hydrogens is 290 g/mol. The van der Waals surface area contributed by atoms with Gasteiger partial charge in [0.1, 0.15) is 5.83 Å². The van der Waals surface area contributed by atoms with E-state index in [2.05, 4.69) is 6.92 Å². The van der Waals surface area contributed by atoms with E-state index in [1.54, 1.807) is 6.08 Å². The van der Waals surface area contributed by atoms with Gasteiger partial charge in [-0.2, -0.15) is 0 Å². The van der Waals surface area contributed by atoms with Gasteiger partial charge in [0, 0.05) is 0 Å². The monoisotopic (exact) mass is 324 g/mol. The van der Waals surface area contributed by atoms with E-state index in [1.807, 2.05) is 0 Å². The molecule has 23 heavy (non-hydrogen) atoms. The number of unbranched alkanes of at least 4 members (excludes halogenated alkanes) is 4. The van der Waals surface area contributed by atoms with E-state index < -0.39 is 11.5 Å². The van der Waals surface area contributed by atoms with Crippen LogP contribution < -0.4 is 0 Å². The lowest BCUT2D eigenvalue weighted by Crippen LogP contribution is -2.25. The standard InChI is InChI=1S/C21H34F2/c1-2-3-4-5-6-9-18-11-13-19(14-12-18)15-17-21(23)16-8-7-10-20(21)22/h8,10,16,18-19H,2-7,9,11-15,17H2,1H3. The van der Waals surface area contributed by atoms with Crippen LogP contribution in [0.5, 0.6) is 0 Å². The molecule has 0 spiro atoms. The van der Waals surface area contributed by atoms with Crippen LogP contribution in [0, 0.1) is 11.8 Å². The molecule has 132 valence electrons. The van der Waals surface area contributed by atoms with E-state index in [9.17, 15) is 8.78 Å². The zero-order valence-corrected chi connectivity index (χ0v) is 14.8. The highest BCUT2D eigenvalue weighted by Crippen LogP contribution is 2.39. The quantitative estimate of drug-likeness (QED) is 0.305. The summed E-state index contributed by atoms with van der Waals surface area (Å²) < 4.78 is 28.2. The van der Waals surface area contributed by atoms with Crippen molar-refractivity contribution in [1.82, 2.24) is 0 Å². The van der Waals surface area contributed by atoms with E-state index in [-0.39, 0.29) is 0 Å². The Hall–Kier alpha value is -0.660. The molecular formula is C21H34F2. The zero-order valence-electron chi connectivity index (χ0n) is 14.8. The summed E-state index contributed by atoms with van der Waals surface area (Å²) >= 11 is 0. The lowest BCUT2D eigenvalue weighted by molar-refractivity contribution is 0.178. The van der Waals surface area contributed by atoms with Crippen molar-refractivity contribution < 1.29 is 8.78 Å². The summed E-state index contributed by atoms with van der Waals surface area (Å²) in [7, 11) is 0. The first-order chi connectivity index (χ1) is 11.1. The maximum atomic E-state index is 14.5. The predicted molar refractivity (Wildman–Crippen MR) is 94.8 cm³/mol. The molecule has 2 aliphatic carbocycles. The van der Waals surface area contributed by atoms with Gasteiger partial charge in [0.2, 0.25) is 0 Å². The molecule has 2 rings (SSSR count). The van der Waals surface area contributed by atoms with Gasteiger partial charge in [-0.1, -0.05) is 77.2 Å². The van der Waals surface area contributed by atoms with Crippen molar-refractivity contribution in [3.63, 3.8) is 0 Å². The molecule has 0 nitrogen and oxygen atoms in total. The lowest BCUT2D eigenvalue weighted by atomic mass is 9.76. The molecule has 0 aromatic carbocycles. The first kappa shape index (κ1) is 18.7. The molecule has 2 heteroatoms. The van der Waals surface area contributed by atoms with E-state index in [0.717, 1.165) is 12.3 Å². The van der Waals surface area contributed by atoms with Gasteiger partial charge in [0.05, 0.1) is 0 Å². The third kappa shape index (κ3) is 6.04. The lowest BCUT2D eigenvalue weighted by Gasteiger charge is -2.30. The number of alkyl halides is 1. The first-order valence-corrected chi connectivity index (χ1v) is 9.87. The van der Waals surface area contributed by atoms with E-state index in [0.29, 0.717) is 18.8 Å². The second-order valence-electron chi connectivity index (χ2n) is 7.68. The molecule has 2 aliphatic rings. The van der Waals surface area contributed by atoms with Crippen molar-refractivity contribution in [1.29, 1.82) is 0 Å². The molecule has 0 saturated heterocycles. The topological polar surface area (TPSA) is 0 Å². The van der Waals surface area contributed by atoms with Crippen LogP contribution in [-0.4, -0.2) is 5.67 Å². The summed E-state index contributed by atoms with van der Waals surface area (Å²) in [5.74, 6) is 0.918. The number of allylic oxidation sites excluding steroid dienone is 4. The SMILES string of the molecule is CCCCCCCC1CCC(CCC2(F)C=CCC=C2F)CC1. The fourth-order valence-electron chi connectivity index (χ4n) is 4.14. The second kappa shape index (κ2) is 9.59. The third-order valence-corrected chi connectivity index (χ3v) is 5.81. The van der Waals surface area contributed by atoms with Gasteiger partial charge in [0.25, 0.3) is 0 Å². The molecule has 0 bridgehead atoms. The minimum atomic E-state index is -1.81. The minimum Gasteiger partial charge on any atom is -0.232 e. The Morgan fingerprint density at radius 1 is 1.00 bits per heavy atom. The van der Waals surface area contributed by atoms with E-state index in [1.165, 1.54) is 76.4 Å². The van der Waals surface area contributed by atoms with Crippen LogP contribution in [-0.2, 0) is 0 Å². The fourth-order valence-corrected chi connectivity index (χ4v) is 4.14. The second-order valence-corrected chi connectivity index (χ2v) is 7.68. The van der Waals surface area contributed by atoms with Gasteiger partial charge >= 0.3 is 0 Å². The number of halogens is 2. The van der Waals surface area contributed by atoms with Crippen molar-refractivity contribution in [2.75, 3.05) is 0 Å². The molecule has 0 amide bonds. The predicted octanol–water partition coefficient (Wildman–Crippen LogP) is 7.46. The number of hydrogen-bond donors (Lipinski definition) is 0. The van der Waals surface area contributed by atoms with Gasteiger partial charge in [0.15, 0.2) is 5.67 Å². The summed E-state index contributed by atoms with van der Waals surface area (Å²) in [6, 6.07) is 0. The summed E-state index contributed by atoms with van der Waals surface area (Å²) in [6.45, 7) is 2.26. The molecule has 0 aromatic heterocycles. The Morgan fingerprint density at radius 3 is 2.30 bits per heavy atom. The molecule has 0 N–H and O–H groups in total. The summed E-state index contributed by atoms with van der Waals surface area (Å²) in [5, 5.41) is 0. The van der Waals surface area contributed by atoms with Crippen molar-refractivity contribution in [2.45, 2.75) is 96.1 Å². The molecule has 1 fully saturated rings. The first-order valence-electron chi connectivity index (χ1n) is 9.87. The Kier molecular flexibility index (Phi) is 7.79. The Morgan fingerprint density at radius 2 is 1.65 bits per heavy atom. The smallest absolute Gasteiger partial charge is 0.179 e. The number of rotatable bonds is 9. The maximum Gasteiger partial charge on any atom is 0.179 e. The molecule has 1 saturated carbocycles. The largest absolute Gasteiger partial charge is 0.232 e. The Labute approximate surface area is 141 Å². The fraction of sp³-hybridized carbons (Fsp3) is 0.810. The number of hydrogen-bond acceptors (Lipinski definition) is 0. The van der Waals surface area contributed by atoms with Crippen LogP contribution >= 0.6 is 0 Å². The summed E-state index contributed by atoms with van der Waals surface area (Å²) in [6.07, 6.45) is 19.5. The summed E-state index contributed by atoms with van der Waals surface area (Å²) in [5.41, 5.74) is -1.81. The van der Waals surface area contributed by atoms with Crippen LogP contribution in [0.4, 0.5) is 8.78 Å². The average Bonchev–Trinajstić information content (AvgIpc) is 2.57. The molecule has 0 radical (unpaired) electrons. The van der Waals surface area contributed by atoms with Crippen molar-refractivity contribution in [3.05, 3.63) is 24.1 Å². The highest BCUT2D eigenvalue weighted by atomic mass is 19.2. The average molecular weight is 324 g/mol. The van der Waals surface area contributed by atoms with Gasteiger partial charge < -0.3 is 0 Å². The van der Waals surface area contributed by atoms with Crippen molar-refractivity contribution in [2.24, 2.45) is 11.8 Å². The van der Waals surface area contributed by atoms with Gasteiger partial charge in [-0.15, -0.1) is 0 Å². The van der Waals surface area contributed by atoms with E-state index in [4.69, 9.17) is 0 Å². The van der Waals surface area contributed by atoms with Crippen molar-refractivity contribution in [3.8, 4) is 0 Å². The highest BCUT2D eigenvalue weighted by Gasteiger charge is 2.34. The minimum absolute atomic E-state index is 0.318. The van der Waals surface area contributed by atoms with Crippen LogP contribution in [0.1, 0.15) is 90.4 Å². The molecule has 1 atom stereocenters. The van der Waals surface area contributed by atoms with Gasteiger partial charge in [-0.3, -0.25) is 0 Å². The normalized spacial score (nSPS) is 31.2. The highest BCUT2D eigenvalue weighted by molar-refractivity contribution is 5.25. The van der Waals surface area contributed by atoms with Crippen LogP contribution in [0.25, 0.3) is 0 Å². The Balaban J connectivity index is 1.60. The van der Waals surface area contributed by atoms with Crippen LogP contribution in [0.15, 0.2) is 24.1 Å². The van der Waals surface area contributed by atoms with Gasteiger partial charge in [-0.25, -0.2) is 8.78 Å². The zero-order chi connectivity index (χ0) is 16.5. The Bertz CT molecular complexity index is 391.